The van der Waals surface area contributed by atoms with Crippen molar-refractivity contribution in [1.29, 1.82) is 0 Å². The molecule has 21 heavy (non-hydrogen) atoms. The van der Waals surface area contributed by atoms with Crippen molar-refractivity contribution < 1.29 is 17.9 Å². The largest absolute Gasteiger partial charge is 0.434 e. The molecule has 2 rings (SSSR count). The molecular weight excluding hydrogens is 301 g/mol. The fraction of sp³-hybridized carbons (Fsp3) is 0.786. The smallest absolute Gasteiger partial charge is 0.368 e. The Kier molecular flexibility index (Phi) is 4.95. The number of nitrogens with zero attached hydrogens (tertiary/aromatic N) is 1. The van der Waals surface area contributed by atoms with Crippen LogP contribution in [0.15, 0.2) is 0 Å². The van der Waals surface area contributed by atoms with Gasteiger partial charge in [-0.2, -0.15) is 13.2 Å². The van der Waals surface area contributed by atoms with Gasteiger partial charge in [-0.3, -0.25) is 0 Å². The molecule has 1 aromatic heterocycles. The highest BCUT2D eigenvalue weighted by Gasteiger charge is 2.42. The highest BCUT2D eigenvalue weighted by molar-refractivity contribution is 7.11. The molecule has 0 bridgehead atoms. The van der Waals surface area contributed by atoms with Crippen molar-refractivity contribution in [2.75, 3.05) is 13.2 Å². The summed E-state index contributed by atoms with van der Waals surface area (Å²) in [6.45, 7) is 7.31. The Labute approximate surface area is 126 Å². The van der Waals surface area contributed by atoms with Gasteiger partial charge in [-0.1, -0.05) is 13.8 Å². The number of hydrogen-bond donors (Lipinski definition) is 1. The zero-order valence-corrected chi connectivity index (χ0v) is 13.3. The summed E-state index contributed by atoms with van der Waals surface area (Å²) >= 11 is 1.12. The van der Waals surface area contributed by atoms with Crippen LogP contribution in [0.4, 0.5) is 13.2 Å². The van der Waals surface area contributed by atoms with Crippen LogP contribution < -0.4 is 5.32 Å². The molecule has 1 saturated heterocycles. The topological polar surface area (TPSA) is 34.1 Å². The van der Waals surface area contributed by atoms with Gasteiger partial charge in [0.25, 0.3) is 0 Å². The second-order valence-electron chi connectivity index (χ2n) is 6.00. The summed E-state index contributed by atoms with van der Waals surface area (Å²) in [5.74, 6) is 0.391. The highest BCUT2D eigenvalue weighted by atomic mass is 32.1. The molecule has 1 aromatic rings. The lowest BCUT2D eigenvalue weighted by molar-refractivity contribution is -0.141. The summed E-state index contributed by atoms with van der Waals surface area (Å²) in [7, 11) is 0. The summed E-state index contributed by atoms with van der Waals surface area (Å²) in [6, 6.07) is 0. The number of hydrogen-bond acceptors (Lipinski definition) is 4. The van der Waals surface area contributed by atoms with E-state index < -0.39 is 17.5 Å². The van der Waals surface area contributed by atoms with E-state index in [1.54, 1.807) is 0 Å². The minimum Gasteiger partial charge on any atom is -0.368 e. The van der Waals surface area contributed by atoms with Crippen molar-refractivity contribution in [3.8, 4) is 0 Å². The van der Waals surface area contributed by atoms with Crippen LogP contribution in [-0.4, -0.2) is 18.1 Å². The number of rotatable bonds is 5. The van der Waals surface area contributed by atoms with Gasteiger partial charge in [0.1, 0.15) is 10.6 Å². The summed E-state index contributed by atoms with van der Waals surface area (Å²) in [6.07, 6.45) is -2.84. The Bertz CT molecular complexity index is 479. The molecule has 0 saturated carbocycles. The molecule has 2 heterocycles. The summed E-state index contributed by atoms with van der Waals surface area (Å²) in [5.41, 5.74) is -1.43. The Morgan fingerprint density at radius 2 is 2.14 bits per heavy atom. The van der Waals surface area contributed by atoms with Crippen molar-refractivity contribution in [2.45, 2.75) is 51.9 Å². The van der Waals surface area contributed by atoms with Crippen molar-refractivity contribution in [2.24, 2.45) is 5.92 Å². The number of nitrogens with one attached hydrogen (secondary N) is 1. The number of thiazole rings is 1. The molecular formula is C14H21F3N2OS. The first-order chi connectivity index (χ1) is 9.72. The van der Waals surface area contributed by atoms with E-state index >= 15 is 0 Å². The van der Waals surface area contributed by atoms with Crippen molar-refractivity contribution in [3.05, 3.63) is 15.6 Å². The van der Waals surface area contributed by atoms with Crippen LogP contribution in [0, 0.1) is 5.92 Å². The Hall–Kier alpha value is -0.660. The first-order valence-electron chi connectivity index (χ1n) is 7.14. The summed E-state index contributed by atoms with van der Waals surface area (Å²) in [5, 5.41) is 3.50. The van der Waals surface area contributed by atoms with Crippen LogP contribution in [0.2, 0.25) is 0 Å². The number of alkyl halides is 3. The second kappa shape index (κ2) is 6.22. The van der Waals surface area contributed by atoms with Crippen LogP contribution in [0.3, 0.4) is 0 Å². The van der Waals surface area contributed by atoms with Crippen molar-refractivity contribution in [1.82, 2.24) is 10.3 Å². The van der Waals surface area contributed by atoms with Gasteiger partial charge in [-0.05, 0) is 32.2 Å². The monoisotopic (exact) mass is 322 g/mol. The first kappa shape index (κ1) is 16.7. The molecule has 0 amide bonds. The molecule has 7 heteroatoms. The SMILES string of the molecule is CC(C)CNCc1sc(C2(C)CCCO2)nc1C(F)(F)F. The van der Waals surface area contributed by atoms with Crippen LogP contribution in [0.1, 0.15) is 49.2 Å². The van der Waals surface area contributed by atoms with Crippen LogP contribution in [0.5, 0.6) is 0 Å². The van der Waals surface area contributed by atoms with E-state index in [0.29, 0.717) is 24.1 Å². The average molecular weight is 322 g/mol. The minimum atomic E-state index is -4.42. The second-order valence-corrected chi connectivity index (χ2v) is 7.08. The van der Waals surface area contributed by atoms with Crippen LogP contribution in [0.25, 0.3) is 0 Å². The van der Waals surface area contributed by atoms with Crippen molar-refractivity contribution in [3.63, 3.8) is 0 Å². The number of halogens is 3. The lowest BCUT2D eigenvalue weighted by Crippen LogP contribution is -2.21. The molecule has 0 radical (unpaired) electrons. The molecule has 1 unspecified atom stereocenters. The van der Waals surface area contributed by atoms with E-state index in [-0.39, 0.29) is 11.4 Å². The number of ether oxygens (including phenoxy) is 1. The van der Waals surface area contributed by atoms with E-state index in [0.717, 1.165) is 24.2 Å². The van der Waals surface area contributed by atoms with E-state index in [1.807, 2.05) is 20.8 Å². The molecule has 1 atom stereocenters. The first-order valence-corrected chi connectivity index (χ1v) is 7.96. The molecule has 1 aliphatic heterocycles. The third-order valence-corrected chi connectivity index (χ3v) is 4.78. The average Bonchev–Trinajstić information content (AvgIpc) is 2.95. The van der Waals surface area contributed by atoms with E-state index in [4.69, 9.17) is 4.74 Å². The van der Waals surface area contributed by atoms with Gasteiger partial charge in [0.05, 0.1) is 4.88 Å². The zero-order valence-electron chi connectivity index (χ0n) is 12.5. The molecule has 0 spiro atoms. The maximum atomic E-state index is 13.1. The lowest BCUT2D eigenvalue weighted by Gasteiger charge is -2.19. The maximum absolute atomic E-state index is 13.1. The molecule has 120 valence electrons. The molecule has 1 aliphatic rings. The third kappa shape index (κ3) is 3.96. The van der Waals surface area contributed by atoms with Gasteiger partial charge >= 0.3 is 6.18 Å². The Morgan fingerprint density at radius 1 is 1.43 bits per heavy atom. The molecule has 1 fully saturated rings. The van der Waals surface area contributed by atoms with Crippen LogP contribution in [-0.2, 0) is 23.1 Å². The van der Waals surface area contributed by atoms with Crippen molar-refractivity contribution >= 4 is 11.3 Å². The van der Waals surface area contributed by atoms with Gasteiger partial charge in [0, 0.05) is 13.2 Å². The quantitative estimate of drug-likeness (QED) is 0.892. The number of aromatic nitrogens is 1. The Morgan fingerprint density at radius 3 is 2.67 bits per heavy atom. The molecule has 0 aromatic carbocycles. The standard InChI is InChI=1S/C14H21F3N2OS/c1-9(2)7-18-8-10-11(14(15,16)17)19-12(21-10)13(3)5-4-6-20-13/h9,18H,4-8H2,1-3H3. The lowest BCUT2D eigenvalue weighted by atomic mass is 10.0. The van der Waals surface area contributed by atoms with E-state index in [1.165, 1.54) is 0 Å². The zero-order chi connectivity index (χ0) is 15.7. The predicted octanol–water partition coefficient (Wildman–Crippen LogP) is 3.93. The fourth-order valence-corrected chi connectivity index (χ4v) is 3.52. The van der Waals surface area contributed by atoms with Gasteiger partial charge in [0.15, 0.2) is 5.69 Å². The van der Waals surface area contributed by atoms with E-state index in [9.17, 15) is 13.2 Å². The normalized spacial score (nSPS) is 23.2. The van der Waals surface area contributed by atoms with E-state index in [2.05, 4.69) is 10.3 Å². The minimum absolute atomic E-state index is 0.195. The van der Waals surface area contributed by atoms with Gasteiger partial charge in [0.2, 0.25) is 0 Å². The highest BCUT2D eigenvalue weighted by Crippen LogP contribution is 2.42. The van der Waals surface area contributed by atoms with Crippen LogP contribution >= 0.6 is 11.3 Å². The molecule has 1 N–H and O–H groups in total. The third-order valence-electron chi connectivity index (χ3n) is 3.48. The maximum Gasteiger partial charge on any atom is 0.434 e. The molecule has 0 aliphatic carbocycles. The Balaban J connectivity index is 2.23. The van der Waals surface area contributed by atoms with Gasteiger partial charge in [-0.15, -0.1) is 11.3 Å². The summed E-state index contributed by atoms with van der Waals surface area (Å²) in [4.78, 5) is 4.11. The van der Waals surface area contributed by atoms with Gasteiger partial charge < -0.3 is 10.1 Å². The fourth-order valence-electron chi connectivity index (χ4n) is 2.34. The van der Waals surface area contributed by atoms with Gasteiger partial charge in [-0.25, -0.2) is 4.98 Å². The summed E-state index contributed by atoms with van der Waals surface area (Å²) < 4.78 is 45.0. The molecule has 3 nitrogen and oxygen atoms in total. The predicted molar refractivity (Wildman–Crippen MR) is 76.2 cm³/mol.